The summed E-state index contributed by atoms with van der Waals surface area (Å²) in [7, 11) is -3.84. The number of hydrogen-bond donors (Lipinski definition) is 1. The van der Waals surface area contributed by atoms with Gasteiger partial charge in [0.15, 0.2) is 0 Å². The molecule has 3 aromatic rings. The Morgan fingerprint density at radius 2 is 1.81 bits per heavy atom. The lowest BCUT2D eigenvalue weighted by molar-refractivity contribution is -0.0923. The molecule has 7 nitrogen and oxygen atoms in total. The summed E-state index contributed by atoms with van der Waals surface area (Å²) in [5, 5.41) is 0.868. The Labute approximate surface area is 181 Å². The van der Waals surface area contributed by atoms with Crippen LogP contribution >= 0.6 is 0 Å². The smallest absolute Gasteiger partial charge is 0.252 e. The van der Waals surface area contributed by atoms with Gasteiger partial charge in [0.05, 0.1) is 30.8 Å². The SMILES string of the molecule is Cc1cc2cc(CN(C[C@@H]3COCCO3)S(=O)(=O)c3ccccc3)c(=O)[nH]c2cc1C. The Morgan fingerprint density at radius 1 is 1.06 bits per heavy atom. The Balaban J connectivity index is 1.72. The summed E-state index contributed by atoms with van der Waals surface area (Å²) in [6.45, 7) is 5.25. The van der Waals surface area contributed by atoms with Gasteiger partial charge >= 0.3 is 0 Å². The van der Waals surface area contributed by atoms with Crippen molar-refractivity contribution in [3.05, 3.63) is 75.6 Å². The second kappa shape index (κ2) is 8.92. The number of aromatic amines is 1. The number of sulfonamides is 1. The molecule has 0 bridgehead atoms. The number of ether oxygens (including phenoxy) is 2. The Bertz CT molecular complexity index is 1230. The number of hydrogen-bond acceptors (Lipinski definition) is 5. The van der Waals surface area contributed by atoms with E-state index in [-0.39, 0.29) is 23.5 Å². The highest BCUT2D eigenvalue weighted by Crippen LogP contribution is 2.21. The minimum absolute atomic E-state index is 0.0602. The topological polar surface area (TPSA) is 88.7 Å². The third-order valence-corrected chi connectivity index (χ3v) is 7.38. The zero-order valence-electron chi connectivity index (χ0n) is 17.6. The molecule has 0 unspecified atom stereocenters. The van der Waals surface area contributed by atoms with Crippen LogP contribution < -0.4 is 5.56 Å². The highest BCUT2D eigenvalue weighted by molar-refractivity contribution is 7.89. The number of aromatic nitrogens is 1. The van der Waals surface area contributed by atoms with Gasteiger partial charge in [-0.05, 0) is 60.7 Å². The lowest BCUT2D eigenvalue weighted by Crippen LogP contribution is -2.43. The maximum Gasteiger partial charge on any atom is 0.252 e. The van der Waals surface area contributed by atoms with E-state index in [9.17, 15) is 13.2 Å². The fourth-order valence-corrected chi connectivity index (χ4v) is 5.16. The Morgan fingerprint density at radius 3 is 2.52 bits per heavy atom. The molecule has 0 spiro atoms. The highest BCUT2D eigenvalue weighted by Gasteiger charge is 2.29. The van der Waals surface area contributed by atoms with Gasteiger partial charge in [-0.25, -0.2) is 8.42 Å². The molecule has 0 amide bonds. The molecule has 4 rings (SSSR count). The molecule has 1 saturated heterocycles. The summed E-state index contributed by atoms with van der Waals surface area (Å²) in [4.78, 5) is 15.9. The monoisotopic (exact) mass is 442 g/mol. The minimum Gasteiger partial charge on any atom is -0.376 e. The lowest BCUT2D eigenvalue weighted by Gasteiger charge is -2.29. The average molecular weight is 443 g/mol. The first-order chi connectivity index (χ1) is 14.8. The van der Waals surface area contributed by atoms with Crippen LogP contribution in [-0.4, -0.2) is 50.2 Å². The Hall–Kier alpha value is -2.52. The van der Waals surface area contributed by atoms with Crippen molar-refractivity contribution in [2.75, 3.05) is 26.4 Å². The summed E-state index contributed by atoms with van der Waals surface area (Å²) in [5.74, 6) is 0. The predicted octanol–water partition coefficient (Wildman–Crippen LogP) is 2.75. The number of pyridine rings is 1. The maximum atomic E-state index is 13.4. The van der Waals surface area contributed by atoms with Crippen molar-refractivity contribution in [2.45, 2.75) is 31.4 Å². The van der Waals surface area contributed by atoms with Gasteiger partial charge in [-0.2, -0.15) is 4.31 Å². The third kappa shape index (κ3) is 4.72. The Kier molecular flexibility index (Phi) is 6.24. The van der Waals surface area contributed by atoms with Crippen LogP contribution in [0.15, 0.2) is 58.2 Å². The van der Waals surface area contributed by atoms with Crippen LogP contribution in [0, 0.1) is 13.8 Å². The van der Waals surface area contributed by atoms with Crippen LogP contribution in [0.25, 0.3) is 10.9 Å². The van der Waals surface area contributed by atoms with E-state index < -0.39 is 16.1 Å². The van der Waals surface area contributed by atoms with Crippen molar-refractivity contribution >= 4 is 20.9 Å². The van der Waals surface area contributed by atoms with Gasteiger partial charge in [0.1, 0.15) is 0 Å². The zero-order chi connectivity index (χ0) is 22.0. The summed E-state index contributed by atoms with van der Waals surface area (Å²) >= 11 is 0. The van der Waals surface area contributed by atoms with E-state index >= 15 is 0 Å². The molecule has 31 heavy (non-hydrogen) atoms. The molecule has 1 aliphatic rings. The van der Waals surface area contributed by atoms with E-state index in [1.807, 2.05) is 26.0 Å². The molecule has 1 N–H and O–H groups in total. The molecular formula is C23H26N2O5S. The van der Waals surface area contributed by atoms with E-state index in [1.165, 1.54) is 4.31 Å². The molecule has 1 aromatic heterocycles. The molecule has 1 aliphatic heterocycles. The minimum atomic E-state index is -3.84. The third-order valence-electron chi connectivity index (χ3n) is 5.56. The molecule has 1 fully saturated rings. The van der Waals surface area contributed by atoms with E-state index in [0.717, 1.165) is 22.0 Å². The fraction of sp³-hybridized carbons (Fsp3) is 0.348. The average Bonchev–Trinajstić information content (AvgIpc) is 2.76. The molecule has 2 heterocycles. The number of nitrogens with zero attached hydrogens (tertiary/aromatic N) is 1. The van der Waals surface area contributed by atoms with Crippen molar-refractivity contribution < 1.29 is 17.9 Å². The van der Waals surface area contributed by atoms with Gasteiger partial charge in [0.25, 0.3) is 5.56 Å². The van der Waals surface area contributed by atoms with Crippen LogP contribution in [0.2, 0.25) is 0 Å². The highest BCUT2D eigenvalue weighted by atomic mass is 32.2. The predicted molar refractivity (Wildman–Crippen MR) is 119 cm³/mol. The van der Waals surface area contributed by atoms with Gasteiger partial charge in [0, 0.05) is 24.2 Å². The standard InChI is InChI=1S/C23H26N2O5S/c1-16-10-18-12-19(23(26)24-22(18)11-17(16)2)13-25(14-20-15-29-8-9-30-20)31(27,28)21-6-4-3-5-7-21/h3-7,10-12,20H,8-9,13-15H2,1-2H3,(H,24,26)/t20-/m1/s1. The first-order valence-corrected chi connectivity index (χ1v) is 11.7. The number of rotatable bonds is 6. The largest absolute Gasteiger partial charge is 0.376 e. The number of fused-ring (bicyclic) bond motifs is 1. The normalized spacial score (nSPS) is 17.3. The quantitative estimate of drug-likeness (QED) is 0.634. The van der Waals surface area contributed by atoms with Crippen LogP contribution in [-0.2, 0) is 26.0 Å². The molecule has 164 valence electrons. The molecule has 0 saturated carbocycles. The van der Waals surface area contributed by atoms with Crippen molar-refractivity contribution in [1.82, 2.24) is 9.29 Å². The van der Waals surface area contributed by atoms with Crippen molar-refractivity contribution in [2.24, 2.45) is 0 Å². The number of nitrogens with one attached hydrogen (secondary N) is 1. The maximum absolute atomic E-state index is 13.4. The van der Waals surface area contributed by atoms with Gasteiger partial charge in [-0.3, -0.25) is 4.79 Å². The second-order valence-corrected chi connectivity index (χ2v) is 9.76. The van der Waals surface area contributed by atoms with Crippen LogP contribution in [0.5, 0.6) is 0 Å². The lowest BCUT2D eigenvalue weighted by atomic mass is 10.0. The van der Waals surface area contributed by atoms with Crippen molar-refractivity contribution in [3.63, 3.8) is 0 Å². The summed E-state index contributed by atoms with van der Waals surface area (Å²) in [6, 6.07) is 13.9. The van der Waals surface area contributed by atoms with Gasteiger partial charge in [0.2, 0.25) is 10.0 Å². The van der Waals surface area contributed by atoms with Crippen LogP contribution in [0.4, 0.5) is 0 Å². The van der Waals surface area contributed by atoms with E-state index in [1.54, 1.807) is 36.4 Å². The van der Waals surface area contributed by atoms with Gasteiger partial charge in [-0.1, -0.05) is 18.2 Å². The summed E-state index contributed by atoms with van der Waals surface area (Å²) in [5.41, 5.74) is 3.00. The zero-order valence-corrected chi connectivity index (χ0v) is 18.4. The number of aryl methyl sites for hydroxylation is 2. The summed E-state index contributed by atoms with van der Waals surface area (Å²) in [6.07, 6.45) is -0.392. The second-order valence-electron chi connectivity index (χ2n) is 7.83. The molecule has 8 heteroatoms. The van der Waals surface area contributed by atoms with E-state index in [0.29, 0.717) is 25.4 Å². The first kappa shape index (κ1) is 21.7. The molecule has 2 aromatic carbocycles. The molecular weight excluding hydrogens is 416 g/mol. The van der Waals surface area contributed by atoms with E-state index in [2.05, 4.69) is 4.98 Å². The number of benzene rings is 2. The van der Waals surface area contributed by atoms with E-state index in [4.69, 9.17) is 9.47 Å². The van der Waals surface area contributed by atoms with Gasteiger partial charge in [-0.15, -0.1) is 0 Å². The molecule has 0 aliphatic carbocycles. The molecule has 0 radical (unpaired) electrons. The first-order valence-electron chi connectivity index (χ1n) is 10.2. The fourth-order valence-electron chi connectivity index (χ4n) is 3.69. The van der Waals surface area contributed by atoms with Crippen molar-refractivity contribution in [3.8, 4) is 0 Å². The molecule has 1 atom stereocenters. The number of H-pyrrole nitrogens is 1. The van der Waals surface area contributed by atoms with Crippen molar-refractivity contribution in [1.29, 1.82) is 0 Å². The summed E-state index contributed by atoms with van der Waals surface area (Å²) < 4.78 is 39.2. The van der Waals surface area contributed by atoms with Crippen LogP contribution in [0.3, 0.4) is 0 Å². The van der Waals surface area contributed by atoms with Gasteiger partial charge < -0.3 is 14.5 Å². The van der Waals surface area contributed by atoms with Crippen LogP contribution in [0.1, 0.15) is 16.7 Å².